The van der Waals surface area contributed by atoms with Crippen LogP contribution in [0.4, 0.5) is 0 Å². The number of amides is 2. The number of nitrogens with one attached hydrogen (secondary N) is 1. The Bertz CT molecular complexity index is 789. The number of hydrogen-bond acceptors (Lipinski definition) is 4. The lowest BCUT2D eigenvalue weighted by Gasteiger charge is -2.13. The summed E-state index contributed by atoms with van der Waals surface area (Å²) in [5.41, 5.74) is 8.18. The van der Waals surface area contributed by atoms with Gasteiger partial charge in [-0.1, -0.05) is 17.2 Å². The summed E-state index contributed by atoms with van der Waals surface area (Å²) in [7, 11) is 0. The van der Waals surface area contributed by atoms with Gasteiger partial charge in [0.05, 0.1) is 0 Å². The largest absolute Gasteiger partial charge is 0.481 e. The van der Waals surface area contributed by atoms with Crippen LogP contribution in [0.2, 0.25) is 0 Å². The zero-order valence-electron chi connectivity index (χ0n) is 14.0. The zero-order valence-corrected chi connectivity index (χ0v) is 14.0. The summed E-state index contributed by atoms with van der Waals surface area (Å²) in [4.78, 5) is 34.2. The van der Waals surface area contributed by atoms with Gasteiger partial charge in [-0.15, -0.1) is 0 Å². The molecule has 4 N–H and O–H groups in total. The lowest BCUT2D eigenvalue weighted by molar-refractivity contribution is -0.137. The van der Waals surface area contributed by atoms with Gasteiger partial charge in [0.25, 0.3) is 5.91 Å². The van der Waals surface area contributed by atoms with Crippen LogP contribution in [-0.4, -0.2) is 28.9 Å². The highest BCUT2D eigenvalue weighted by Crippen LogP contribution is 2.24. The number of rotatable bonds is 7. The molecule has 2 aromatic rings. The van der Waals surface area contributed by atoms with Crippen molar-refractivity contribution in [2.24, 2.45) is 5.73 Å². The molecule has 1 aromatic heterocycles. The van der Waals surface area contributed by atoms with Crippen LogP contribution >= 0.6 is 0 Å². The minimum atomic E-state index is -1.07. The Hall–Kier alpha value is -3.09. The van der Waals surface area contributed by atoms with E-state index in [4.69, 9.17) is 15.3 Å². The van der Waals surface area contributed by atoms with Gasteiger partial charge < -0.3 is 20.6 Å². The van der Waals surface area contributed by atoms with E-state index in [0.717, 1.165) is 16.7 Å². The van der Waals surface area contributed by atoms with E-state index < -0.39 is 23.8 Å². The first-order valence-electron chi connectivity index (χ1n) is 7.76. The SMILES string of the molecule is Cc1cc(C)cc(-c2ccc(C(=O)N[C@@H](CCC(=O)O)C(N)=O)o2)c1. The Labute approximate surface area is 144 Å². The fourth-order valence-electron chi connectivity index (χ4n) is 2.51. The number of carboxylic acids is 1. The normalized spacial score (nSPS) is 11.8. The summed E-state index contributed by atoms with van der Waals surface area (Å²) in [6, 6.07) is 7.99. The van der Waals surface area contributed by atoms with Gasteiger partial charge in [-0.05, 0) is 44.5 Å². The topological polar surface area (TPSA) is 123 Å². The minimum Gasteiger partial charge on any atom is -0.481 e. The lowest BCUT2D eigenvalue weighted by atomic mass is 10.1. The Morgan fingerprint density at radius 2 is 1.80 bits per heavy atom. The number of primary amides is 1. The number of benzene rings is 1. The van der Waals surface area contributed by atoms with E-state index >= 15 is 0 Å². The van der Waals surface area contributed by atoms with Crippen LogP contribution in [0.1, 0.15) is 34.5 Å². The Balaban J connectivity index is 2.13. The quantitative estimate of drug-likeness (QED) is 0.709. The van der Waals surface area contributed by atoms with Crippen LogP contribution in [0.5, 0.6) is 0 Å². The molecule has 0 radical (unpaired) electrons. The third kappa shape index (κ3) is 4.94. The second-order valence-electron chi connectivity index (χ2n) is 5.90. The van der Waals surface area contributed by atoms with Crippen LogP contribution in [0.3, 0.4) is 0 Å². The highest BCUT2D eigenvalue weighted by molar-refractivity contribution is 5.95. The molecule has 0 unspecified atom stereocenters. The van der Waals surface area contributed by atoms with Gasteiger partial charge in [0, 0.05) is 12.0 Å². The van der Waals surface area contributed by atoms with Crippen molar-refractivity contribution in [2.75, 3.05) is 0 Å². The van der Waals surface area contributed by atoms with Gasteiger partial charge in [-0.3, -0.25) is 14.4 Å². The van der Waals surface area contributed by atoms with Crippen molar-refractivity contribution in [1.29, 1.82) is 0 Å². The maximum atomic E-state index is 12.2. The molecule has 0 bridgehead atoms. The first-order valence-corrected chi connectivity index (χ1v) is 7.76. The summed E-state index contributed by atoms with van der Waals surface area (Å²) >= 11 is 0. The first kappa shape index (κ1) is 18.3. The molecule has 0 saturated heterocycles. The molecule has 0 saturated carbocycles. The molecule has 0 fully saturated rings. The van der Waals surface area contributed by atoms with E-state index in [0.29, 0.717) is 5.76 Å². The number of carboxylic acid groups (broad SMARTS) is 1. The van der Waals surface area contributed by atoms with Crippen molar-refractivity contribution < 1.29 is 23.9 Å². The number of aryl methyl sites for hydroxylation is 2. The van der Waals surface area contributed by atoms with E-state index in [9.17, 15) is 14.4 Å². The Kier molecular flexibility index (Phi) is 5.59. The first-order chi connectivity index (χ1) is 11.8. The molecule has 2 rings (SSSR count). The van der Waals surface area contributed by atoms with Gasteiger partial charge in [-0.2, -0.15) is 0 Å². The molecule has 0 spiro atoms. The van der Waals surface area contributed by atoms with E-state index in [1.807, 2.05) is 32.0 Å². The molecule has 1 atom stereocenters. The third-order valence-corrected chi connectivity index (χ3v) is 3.63. The average molecular weight is 344 g/mol. The highest BCUT2D eigenvalue weighted by Gasteiger charge is 2.22. The zero-order chi connectivity index (χ0) is 18.6. The van der Waals surface area contributed by atoms with Crippen LogP contribution in [0.15, 0.2) is 34.7 Å². The van der Waals surface area contributed by atoms with Crippen molar-refractivity contribution in [3.8, 4) is 11.3 Å². The van der Waals surface area contributed by atoms with Gasteiger partial charge in [-0.25, -0.2) is 0 Å². The van der Waals surface area contributed by atoms with E-state index in [-0.39, 0.29) is 18.6 Å². The van der Waals surface area contributed by atoms with E-state index in [1.165, 1.54) is 6.07 Å². The number of carbonyl (C=O) groups excluding carboxylic acids is 2. The summed E-state index contributed by atoms with van der Waals surface area (Å²) in [5.74, 6) is -1.94. The molecule has 0 aliphatic carbocycles. The standard InChI is InChI=1S/C18H20N2O5/c1-10-7-11(2)9-12(8-10)14-4-5-15(25-14)18(24)20-13(17(19)23)3-6-16(21)22/h4-5,7-9,13H,3,6H2,1-2H3,(H2,19,23)(H,20,24)(H,21,22)/t13-/m0/s1. The molecule has 25 heavy (non-hydrogen) atoms. The molecule has 7 heteroatoms. The smallest absolute Gasteiger partial charge is 0.303 e. The second kappa shape index (κ2) is 7.65. The van der Waals surface area contributed by atoms with Crippen LogP contribution in [-0.2, 0) is 9.59 Å². The lowest BCUT2D eigenvalue weighted by Crippen LogP contribution is -2.44. The van der Waals surface area contributed by atoms with Crippen molar-refractivity contribution in [2.45, 2.75) is 32.7 Å². The molecule has 132 valence electrons. The third-order valence-electron chi connectivity index (χ3n) is 3.63. The maximum Gasteiger partial charge on any atom is 0.303 e. The molecule has 7 nitrogen and oxygen atoms in total. The molecular weight excluding hydrogens is 324 g/mol. The maximum absolute atomic E-state index is 12.2. The number of nitrogens with two attached hydrogens (primary N) is 1. The molecule has 1 aromatic carbocycles. The number of hydrogen-bond donors (Lipinski definition) is 3. The minimum absolute atomic E-state index is 0.0238. The van der Waals surface area contributed by atoms with Gasteiger partial charge >= 0.3 is 5.97 Å². The summed E-state index contributed by atoms with van der Waals surface area (Å²) in [5, 5.41) is 11.1. The van der Waals surface area contributed by atoms with Crippen LogP contribution in [0.25, 0.3) is 11.3 Å². The van der Waals surface area contributed by atoms with Crippen LogP contribution in [0, 0.1) is 13.8 Å². The summed E-state index contributed by atoms with van der Waals surface area (Å²) < 4.78 is 5.57. The molecule has 2 amide bonds. The predicted molar refractivity (Wildman–Crippen MR) is 90.9 cm³/mol. The Morgan fingerprint density at radius 1 is 1.16 bits per heavy atom. The monoisotopic (exact) mass is 344 g/mol. The van der Waals surface area contributed by atoms with Crippen molar-refractivity contribution in [1.82, 2.24) is 5.32 Å². The second-order valence-corrected chi connectivity index (χ2v) is 5.90. The molecular formula is C18H20N2O5. The van der Waals surface area contributed by atoms with Crippen LogP contribution < -0.4 is 11.1 Å². The summed E-state index contributed by atoms with van der Waals surface area (Å²) in [6.07, 6.45) is -0.360. The van der Waals surface area contributed by atoms with Gasteiger partial charge in [0.1, 0.15) is 11.8 Å². The van der Waals surface area contributed by atoms with Crippen molar-refractivity contribution in [3.05, 3.63) is 47.2 Å². The molecule has 0 aliphatic rings. The highest BCUT2D eigenvalue weighted by atomic mass is 16.4. The molecule has 0 aliphatic heterocycles. The number of aliphatic carboxylic acids is 1. The van der Waals surface area contributed by atoms with E-state index in [1.54, 1.807) is 6.07 Å². The Morgan fingerprint density at radius 3 is 2.36 bits per heavy atom. The fourth-order valence-corrected chi connectivity index (χ4v) is 2.51. The average Bonchev–Trinajstić information content (AvgIpc) is 2.99. The van der Waals surface area contributed by atoms with Crippen molar-refractivity contribution in [3.63, 3.8) is 0 Å². The number of furan rings is 1. The summed E-state index contributed by atoms with van der Waals surface area (Å²) in [6.45, 7) is 3.93. The van der Waals surface area contributed by atoms with E-state index in [2.05, 4.69) is 5.32 Å². The fraction of sp³-hybridized carbons (Fsp3) is 0.278. The molecule has 1 heterocycles. The number of carbonyl (C=O) groups is 3. The van der Waals surface area contributed by atoms with Gasteiger partial charge in [0.2, 0.25) is 5.91 Å². The van der Waals surface area contributed by atoms with Gasteiger partial charge in [0.15, 0.2) is 5.76 Å². The van der Waals surface area contributed by atoms with Crippen molar-refractivity contribution >= 4 is 17.8 Å². The predicted octanol–water partition coefficient (Wildman–Crippen LogP) is 2.01.